The Labute approximate surface area is 159 Å². The van der Waals surface area contributed by atoms with Gasteiger partial charge in [-0.2, -0.15) is 5.10 Å². The van der Waals surface area contributed by atoms with Crippen molar-refractivity contribution in [1.82, 2.24) is 9.78 Å². The highest BCUT2D eigenvalue weighted by Crippen LogP contribution is 2.39. The Kier molecular flexibility index (Phi) is 5.26. The highest BCUT2D eigenvalue weighted by atomic mass is 32.1. The third-order valence-electron chi connectivity index (χ3n) is 4.47. The second kappa shape index (κ2) is 7.47. The number of carbonyl (C=O) groups is 2. The molecule has 0 unspecified atom stereocenters. The standard InChI is InChI=1S/C17H20N4O5S/c1-4-26-17(23)14-11-6-5-7-12(11)27-16(14)18-13(22)8-20-10(3)15(21(24)25)9(2)19-20/h4-8H2,1-3H3,(H,18,22). The average molecular weight is 392 g/mol. The number of aromatic nitrogens is 2. The molecule has 0 aromatic carbocycles. The molecule has 0 radical (unpaired) electrons. The van der Waals surface area contributed by atoms with Gasteiger partial charge in [-0.3, -0.25) is 19.6 Å². The highest BCUT2D eigenvalue weighted by molar-refractivity contribution is 7.17. The van der Waals surface area contributed by atoms with Crippen molar-refractivity contribution in [3.05, 3.63) is 37.5 Å². The third kappa shape index (κ3) is 3.57. The van der Waals surface area contributed by atoms with E-state index < -0.39 is 16.8 Å². The monoisotopic (exact) mass is 392 g/mol. The first kappa shape index (κ1) is 19.0. The summed E-state index contributed by atoms with van der Waals surface area (Å²) in [6, 6.07) is 0. The Hall–Kier alpha value is -2.75. The molecule has 2 aromatic rings. The van der Waals surface area contributed by atoms with Crippen molar-refractivity contribution in [1.29, 1.82) is 0 Å². The summed E-state index contributed by atoms with van der Waals surface area (Å²) in [4.78, 5) is 36.5. The van der Waals surface area contributed by atoms with Gasteiger partial charge in [0.2, 0.25) is 5.91 Å². The van der Waals surface area contributed by atoms with Crippen LogP contribution >= 0.6 is 11.3 Å². The van der Waals surface area contributed by atoms with Gasteiger partial charge in [-0.15, -0.1) is 11.3 Å². The summed E-state index contributed by atoms with van der Waals surface area (Å²) >= 11 is 1.39. The molecule has 2 heterocycles. The van der Waals surface area contributed by atoms with E-state index in [1.165, 1.54) is 22.9 Å². The first-order chi connectivity index (χ1) is 12.8. The Morgan fingerprint density at radius 1 is 1.37 bits per heavy atom. The lowest BCUT2D eigenvalue weighted by atomic mass is 10.1. The van der Waals surface area contributed by atoms with E-state index in [0.29, 0.717) is 16.3 Å². The van der Waals surface area contributed by atoms with Crippen molar-refractivity contribution < 1.29 is 19.2 Å². The number of hydrogen-bond acceptors (Lipinski definition) is 7. The molecule has 1 amide bonds. The predicted octanol–water partition coefficient (Wildman–Crippen LogP) is 2.77. The number of nitrogens with one attached hydrogen (secondary N) is 1. The molecule has 0 fully saturated rings. The number of amides is 1. The number of rotatable bonds is 6. The zero-order valence-electron chi connectivity index (χ0n) is 15.3. The molecule has 27 heavy (non-hydrogen) atoms. The normalized spacial score (nSPS) is 12.7. The fraction of sp³-hybridized carbons (Fsp3) is 0.471. The Balaban J connectivity index is 1.82. The van der Waals surface area contributed by atoms with Crippen LogP contribution in [0.4, 0.5) is 10.7 Å². The lowest BCUT2D eigenvalue weighted by Crippen LogP contribution is -2.21. The molecule has 1 aliphatic carbocycles. The van der Waals surface area contributed by atoms with Crippen LogP contribution in [0.25, 0.3) is 0 Å². The van der Waals surface area contributed by atoms with E-state index in [4.69, 9.17) is 4.74 Å². The number of esters is 1. The Bertz CT molecular complexity index is 930. The first-order valence-corrected chi connectivity index (χ1v) is 9.45. The third-order valence-corrected chi connectivity index (χ3v) is 5.68. The van der Waals surface area contributed by atoms with E-state index in [2.05, 4.69) is 10.4 Å². The summed E-state index contributed by atoms with van der Waals surface area (Å²) < 4.78 is 6.44. The Morgan fingerprint density at radius 3 is 2.74 bits per heavy atom. The molecule has 1 N–H and O–H groups in total. The van der Waals surface area contributed by atoms with E-state index in [-0.39, 0.29) is 24.5 Å². The molecule has 0 aliphatic heterocycles. The van der Waals surface area contributed by atoms with Crippen LogP contribution in [0.15, 0.2) is 0 Å². The fourth-order valence-corrected chi connectivity index (χ4v) is 4.61. The minimum absolute atomic E-state index is 0.0925. The summed E-state index contributed by atoms with van der Waals surface area (Å²) in [5.41, 5.74) is 1.86. The van der Waals surface area contributed by atoms with Crippen molar-refractivity contribution in [2.45, 2.75) is 46.6 Å². The Morgan fingerprint density at radius 2 is 2.11 bits per heavy atom. The molecule has 0 saturated carbocycles. The molecule has 2 aromatic heterocycles. The van der Waals surface area contributed by atoms with Gasteiger partial charge in [0.05, 0.1) is 17.1 Å². The van der Waals surface area contributed by atoms with Gasteiger partial charge in [-0.1, -0.05) is 0 Å². The van der Waals surface area contributed by atoms with Gasteiger partial charge in [-0.25, -0.2) is 4.79 Å². The van der Waals surface area contributed by atoms with Crippen LogP contribution in [0.2, 0.25) is 0 Å². The number of carbonyl (C=O) groups excluding carboxylic acids is 2. The van der Waals surface area contributed by atoms with Crippen LogP contribution in [0.1, 0.15) is 45.5 Å². The predicted molar refractivity (Wildman–Crippen MR) is 99.3 cm³/mol. The summed E-state index contributed by atoms with van der Waals surface area (Å²) in [5.74, 6) is -0.838. The van der Waals surface area contributed by atoms with Crippen molar-refractivity contribution in [3.63, 3.8) is 0 Å². The summed E-state index contributed by atoms with van der Waals surface area (Å²) in [6.07, 6.45) is 2.66. The van der Waals surface area contributed by atoms with Crippen LogP contribution in [0.3, 0.4) is 0 Å². The number of fused-ring (bicyclic) bond motifs is 1. The molecule has 10 heteroatoms. The van der Waals surface area contributed by atoms with E-state index in [1.807, 2.05) is 0 Å². The van der Waals surface area contributed by atoms with Crippen LogP contribution in [-0.4, -0.2) is 33.2 Å². The lowest BCUT2D eigenvalue weighted by molar-refractivity contribution is -0.386. The number of hydrogen-bond donors (Lipinski definition) is 1. The minimum atomic E-state index is -0.505. The summed E-state index contributed by atoms with van der Waals surface area (Å²) in [5, 5.41) is 18.4. The maximum absolute atomic E-state index is 12.5. The molecular formula is C17H20N4O5S. The number of thiophene rings is 1. The van der Waals surface area contributed by atoms with Gasteiger partial charge in [-0.05, 0) is 45.6 Å². The topological polar surface area (TPSA) is 116 Å². The van der Waals surface area contributed by atoms with Gasteiger partial charge in [0.1, 0.15) is 22.9 Å². The first-order valence-electron chi connectivity index (χ1n) is 8.63. The molecule has 0 atom stereocenters. The van der Waals surface area contributed by atoms with Crippen LogP contribution in [0.5, 0.6) is 0 Å². The molecule has 1 aliphatic rings. The number of anilines is 1. The molecule has 0 spiro atoms. The number of nitro groups is 1. The minimum Gasteiger partial charge on any atom is -0.462 e. The van der Waals surface area contributed by atoms with E-state index in [9.17, 15) is 19.7 Å². The zero-order valence-corrected chi connectivity index (χ0v) is 16.1. The number of aryl methyl sites for hydroxylation is 2. The van der Waals surface area contributed by atoms with Gasteiger partial charge >= 0.3 is 11.7 Å². The smallest absolute Gasteiger partial charge is 0.341 e. The van der Waals surface area contributed by atoms with Crippen LogP contribution in [0, 0.1) is 24.0 Å². The molecule has 9 nitrogen and oxygen atoms in total. The summed E-state index contributed by atoms with van der Waals surface area (Å²) in [7, 11) is 0. The quantitative estimate of drug-likeness (QED) is 0.459. The molecule has 0 bridgehead atoms. The van der Waals surface area contributed by atoms with E-state index in [1.54, 1.807) is 13.8 Å². The highest BCUT2D eigenvalue weighted by Gasteiger charge is 2.29. The maximum atomic E-state index is 12.5. The largest absolute Gasteiger partial charge is 0.462 e. The van der Waals surface area contributed by atoms with E-state index in [0.717, 1.165) is 29.7 Å². The lowest BCUT2D eigenvalue weighted by Gasteiger charge is -2.08. The molecule has 3 rings (SSSR count). The zero-order chi connectivity index (χ0) is 19.7. The van der Waals surface area contributed by atoms with Crippen molar-refractivity contribution in [3.8, 4) is 0 Å². The van der Waals surface area contributed by atoms with Crippen molar-refractivity contribution in [2.24, 2.45) is 0 Å². The van der Waals surface area contributed by atoms with Gasteiger partial charge < -0.3 is 10.1 Å². The second-order valence-corrected chi connectivity index (χ2v) is 7.37. The van der Waals surface area contributed by atoms with Gasteiger partial charge in [0, 0.05) is 4.88 Å². The second-order valence-electron chi connectivity index (χ2n) is 6.26. The number of nitrogens with zero attached hydrogens (tertiary/aromatic N) is 3. The SMILES string of the molecule is CCOC(=O)c1c(NC(=O)Cn2nc(C)c([N+](=O)[O-])c2C)sc2c1CCC2. The van der Waals surface area contributed by atoms with Crippen LogP contribution in [-0.2, 0) is 28.9 Å². The van der Waals surface area contributed by atoms with Crippen molar-refractivity contribution >= 4 is 33.9 Å². The van der Waals surface area contributed by atoms with Crippen molar-refractivity contribution in [2.75, 3.05) is 11.9 Å². The summed E-state index contributed by atoms with van der Waals surface area (Å²) in [6.45, 7) is 4.90. The number of ether oxygens (including phenoxy) is 1. The molecule has 0 saturated heterocycles. The van der Waals surface area contributed by atoms with Gasteiger partial charge in [0.15, 0.2) is 0 Å². The average Bonchev–Trinajstić information content (AvgIpc) is 3.21. The van der Waals surface area contributed by atoms with Crippen LogP contribution < -0.4 is 5.32 Å². The molecule has 144 valence electrons. The molecular weight excluding hydrogens is 372 g/mol. The van der Waals surface area contributed by atoms with Gasteiger partial charge in [0.25, 0.3) is 0 Å². The van der Waals surface area contributed by atoms with E-state index >= 15 is 0 Å². The fourth-order valence-electron chi connectivity index (χ4n) is 3.32. The maximum Gasteiger partial charge on any atom is 0.341 e.